The third-order valence-corrected chi connectivity index (χ3v) is 5.25. The highest BCUT2D eigenvalue weighted by Crippen LogP contribution is 2.19. The molecule has 0 fully saturated rings. The van der Waals surface area contributed by atoms with Gasteiger partial charge in [0.05, 0.1) is 18.1 Å². The Morgan fingerprint density at radius 3 is 2.54 bits per heavy atom. The van der Waals surface area contributed by atoms with Crippen LogP contribution in [0.25, 0.3) is 10.8 Å². The first-order valence-corrected chi connectivity index (χ1v) is 10.4. The van der Waals surface area contributed by atoms with Crippen molar-refractivity contribution >= 4 is 34.2 Å². The van der Waals surface area contributed by atoms with Crippen molar-refractivity contribution in [2.45, 2.75) is 19.6 Å². The summed E-state index contributed by atoms with van der Waals surface area (Å²) in [7, 11) is 0. The molecule has 0 spiro atoms. The summed E-state index contributed by atoms with van der Waals surface area (Å²) >= 11 is 1.58. The Kier molecular flexibility index (Phi) is 7.09. The van der Waals surface area contributed by atoms with E-state index in [0.717, 1.165) is 22.8 Å². The van der Waals surface area contributed by atoms with Crippen molar-refractivity contribution < 1.29 is 9.53 Å². The maximum absolute atomic E-state index is 12.1. The van der Waals surface area contributed by atoms with Gasteiger partial charge in [-0.25, -0.2) is 5.43 Å². The summed E-state index contributed by atoms with van der Waals surface area (Å²) in [4.78, 5) is 12.1. The summed E-state index contributed by atoms with van der Waals surface area (Å²) < 4.78 is 5.43. The average molecular weight is 393 g/mol. The van der Waals surface area contributed by atoms with E-state index in [1.54, 1.807) is 11.8 Å². The van der Waals surface area contributed by atoms with Gasteiger partial charge in [-0.1, -0.05) is 42.5 Å². The van der Waals surface area contributed by atoms with Crippen LogP contribution in [-0.2, 0) is 10.5 Å². The number of carbonyl (C=O) groups is 1. The van der Waals surface area contributed by atoms with Crippen molar-refractivity contribution in [1.29, 1.82) is 0 Å². The third-order valence-electron chi connectivity index (χ3n) is 4.25. The summed E-state index contributed by atoms with van der Waals surface area (Å²) in [5.74, 6) is 1.89. The number of thioether (sulfide) groups is 1. The fourth-order valence-corrected chi connectivity index (χ4v) is 3.56. The van der Waals surface area contributed by atoms with Crippen LogP contribution in [0.2, 0.25) is 0 Å². The molecular formula is C23H24N2O2S. The Balaban J connectivity index is 1.47. The summed E-state index contributed by atoms with van der Waals surface area (Å²) in [6.07, 6.45) is 0. The predicted molar refractivity (Wildman–Crippen MR) is 118 cm³/mol. The normalized spacial score (nSPS) is 11.4. The minimum Gasteiger partial charge on any atom is -0.494 e. The minimum absolute atomic E-state index is 0.101. The lowest BCUT2D eigenvalue weighted by Crippen LogP contribution is -2.21. The van der Waals surface area contributed by atoms with E-state index in [4.69, 9.17) is 4.74 Å². The number of amides is 1. The van der Waals surface area contributed by atoms with Gasteiger partial charge in [-0.05, 0) is 60.0 Å². The molecule has 0 saturated carbocycles. The fraction of sp³-hybridized carbons (Fsp3) is 0.217. The first kappa shape index (κ1) is 20.0. The highest BCUT2D eigenvalue weighted by Gasteiger charge is 2.04. The molecule has 0 radical (unpaired) electrons. The first-order valence-electron chi connectivity index (χ1n) is 9.27. The van der Waals surface area contributed by atoms with E-state index in [2.05, 4.69) is 40.9 Å². The molecule has 0 aliphatic rings. The number of fused-ring (bicyclic) bond motifs is 1. The number of hydrogen-bond acceptors (Lipinski definition) is 4. The highest BCUT2D eigenvalue weighted by molar-refractivity contribution is 7.99. The number of hydrazone groups is 1. The molecule has 3 rings (SSSR count). The monoisotopic (exact) mass is 392 g/mol. The predicted octanol–water partition coefficient (Wildman–Crippen LogP) is 5.01. The molecule has 0 heterocycles. The van der Waals surface area contributed by atoms with Gasteiger partial charge in [0.25, 0.3) is 0 Å². The molecule has 5 heteroatoms. The van der Waals surface area contributed by atoms with Gasteiger partial charge in [0.2, 0.25) is 5.91 Å². The molecule has 3 aromatic carbocycles. The van der Waals surface area contributed by atoms with Crippen molar-refractivity contribution in [3.05, 3.63) is 77.9 Å². The van der Waals surface area contributed by atoms with E-state index in [1.165, 1.54) is 16.3 Å². The fourth-order valence-electron chi connectivity index (χ4n) is 2.79. The van der Waals surface area contributed by atoms with E-state index < -0.39 is 0 Å². The Hall–Kier alpha value is -2.79. The van der Waals surface area contributed by atoms with Crippen LogP contribution >= 0.6 is 11.8 Å². The number of nitrogens with zero attached hydrogens (tertiary/aromatic N) is 1. The van der Waals surface area contributed by atoms with Gasteiger partial charge in [-0.15, -0.1) is 11.8 Å². The Labute approximate surface area is 170 Å². The van der Waals surface area contributed by atoms with Crippen molar-refractivity contribution in [1.82, 2.24) is 5.43 Å². The van der Waals surface area contributed by atoms with Crippen LogP contribution < -0.4 is 10.2 Å². The lowest BCUT2D eigenvalue weighted by molar-refractivity contribution is -0.118. The molecule has 0 bridgehead atoms. The van der Waals surface area contributed by atoms with E-state index in [9.17, 15) is 4.79 Å². The quantitative estimate of drug-likeness (QED) is 0.433. The van der Waals surface area contributed by atoms with Crippen molar-refractivity contribution in [3.8, 4) is 5.75 Å². The Morgan fingerprint density at radius 2 is 1.79 bits per heavy atom. The lowest BCUT2D eigenvalue weighted by Gasteiger charge is -2.06. The molecule has 0 aromatic heterocycles. The number of hydrogen-bond donors (Lipinski definition) is 1. The highest BCUT2D eigenvalue weighted by atomic mass is 32.2. The maximum atomic E-state index is 12.1. The van der Waals surface area contributed by atoms with Crippen molar-refractivity contribution in [2.75, 3.05) is 12.4 Å². The minimum atomic E-state index is -0.101. The maximum Gasteiger partial charge on any atom is 0.250 e. The van der Waals surface area contributed by atoms with Crippen LogP contribution in [0, 0.1) is 0 Å². The van der Waals surface area contributed by atoms with Crippen molar-refractivity contribution in [2.24, 2.45) is 5.10 Å². The van der Waals surface area contributed by atoms with Crippen LogP contribution in [0.1, 0.15) is 25.0 Å². The summed E-state index contributed by atoms with van der Waals surface area (Å²) in [6, 6.07) is 22.4. The van der Waals surface area contributed by atoms with Crippen LogP contribution in [0.4, 0.5) is 0 Å². The number of rotatable bonds is 8. The molecule has 0 unspecified atom stereocenters. The Morgan fingerprint density at radius 1 is 1.04 bits per heavy atom. The van der Waals surface area contributed by atoms with Gasteiger partial charge in [0, 0.05) is 5.75 Å². The zero-order valence-corrected chi connectivity index (χ0v) is 17.0. The molecule has 4 nitrogen and oxygen atoms in total. The molecule has 0 aliphatic heterocycles. The van der Waals surface area contributed by atoms with Crippen LogP contribution in [0.3, 0.4) is 0 Å². The largest absolute Gasteiger partial charge is 0.494 e. The zero-order chi connectivity index (χ0) is 19.8. The second kappa shape index (κ2) is 9.95. The second-order valence-electron chi connectivity index (χ2n) is 6.36. The average Bonchev–Trinajstić information content (AvgIpc) is 2.73. The van der Waals surface area contributed by atoms with Gasteiger partial charge in [-0.2, -0.15) is 5.10 Å². The van der Waals surface area contributed by atoms with Gasteiger partial charge in [-0.3, -0.25) is 4.79 Å². The van der Waals surface area contributed by atoms with Gasteiger partial charge in [0.1, 0.15) is 5.75 Å². The number of nitrogens with one attached hydrogen (secondary N) is 1. The van der Waals surface area contributed by atoms with E-state index >= 15 is 0 Å². The molecule has 28 heavy (non-hydrogen) atoms. The Bertz CT molecular complexity index is 968. The van der Waals surface area contributed by atoms with E-state index in [1.807, 2.05) is 50.2 Å². The van der Waals surface area contributed by atoms with Crippen molar-refractivity contribution in [3.63, 3.8) is 0 Å². The molecule has 144 valence electrons. The van der Waals surface area contributed by atoms with E-state index in [-0.39, 0.29) is 5.91 Å². The standard InChI is InChI=1S/C23H24N2O2S/c1-3-27-22-12-10-19(11-13-22)17(2)24-25-23(26)16-28-15-18-8-9-20-6-4-5-7-21(20)14-18/h4-14H,3,15-16H2,1-2H3,(H,25,26)/b24-17-. The molecule has 0 saturated heterocycles. The topological polar surface area (TPSA) is 50.7 Å². The van der Waals surface area contributed by atoms with Gasteiger partial charge >= 0.3 is 0 Å². The molecule has 0 atom stereocenters. The zero-order valence-electron chi connectivity index (χ0n) is 16.1. The van der Waals surface area contributed by atoms with Gasteiger partial charge < -0.3 is 4.74 Å². The van der Waals surface area contributed by atoms with Gasteiger partial charge in [0.15, 0.2) is 0 Å². The third kappa shape index (κ3) is 5.60. The summed E-state index contributed by atoms with van der Waals surface area (Å²) in [5.41, 5.74) is 5.56. The summed E-state index contributed by atoms with van der Waals surface area (Å²) in [6.45, 7) is 4.46. The molecule has 1 amide bonds. The first-order chi connectivity index (χ1) is 13.7. The van der Waals surface area contributed by atoms with Crippen LogP contribution in [-0.4, -0.2) is 24.0 Å². The molecule has 1 N–H and O–H groups in total. The molecule has 3 aromatic rings. The number of carbonyl (C=O) groups excluding carboxylic acids is 1. The van der Waals surface area contributed by atoms with Crippen LogP contribution in [0.15, 0.2) is 71.8 Å². The molecule has 0 aliphatic carbocycles. The number of benzene rings is 3. The molecular weight excluding hydrogens is 368 g/mol. The van der Waals surface area contributed by atoms with Crippen LogP contribution in [0.5, 0.6) is 5.75 Å². The lowest BCUT2D eigenvalue weighted by atomic mass is 10.1. The SMILES string of the molecule is CCOc1ccc(/C(C)=N\NC(=O)CSCc2ccc3ccccc3c2)cc1. The smallest absolute Gasteiger partial charge is 0.250 e. The number of ether oxygens (including phenoxy) is 1. The summed E-state index contributed by atoms with van der Waals surface area (Å²) in [5, 5.41) is 6.65. The second-order valence-corrected chi connectivity index (χ2v) is 7.35. The van der Waals surface area contributed by atoms with E-state index in [0.29, 0.717) is 12.4 Å².